The predicted molar refractivity (Wildman–Crippen MR) is 83.4 cm³/mol. The molecule has 0 aliphatic carbocycles. The Morgan fingerprint density at radius 1 is 1.37 bits per heavy atom. The third-order valence-corrected chi connectivity index (χ3v) is 4.11. The van der Waals surface area contributed by atoms with Gasteiger partial charge in [-0.05, 0) is 28.4 Å². The molecule has 2 nitrogen and oxygen atoms in total. The molecule has 1 fully saturated rings. The van der Waals surface area contributed by atoms with Crippen LogP contribution in [0.25, 0.3) is 0 Å². The van der Waals surface area contributed by atoms with Crippen molar-refractivity contribution in [3.63, 3.8) is 0 Å². The fourth-order valence-electron chi connectivity index (χ4n) is 2.58. The van der Waals surface area contributed by atoms with E-state index in [1.807, 2.05) is 12.1 Å². The Labute approximate surface area is 129 Å². The lowest BCUT2D eigenvalue weighted by Crippen LogP contribution is -2.45. The van der Waals surface area contributed by atoms with Crippen molar-refractivity contribution in [2.75, 3.05) is 26.2 Å². The van der Waals surface area contributed by atoms with Crippen LogP contribution >= 0.6 is 28.3 Å². The molecule has 1 aromatic carbocycles. The van der Waals surface area contributed by atoms with Crippen LogP contribution in [0.4, 0.5) is 4.39 Å². The van der Waals surface area contributed by atoms with Gasteiger partial charge in [-0.25, -0.2) is 4.39 Å². The highest BCUT2D eigenvalue weighted by molar-refractivity contribution is 9.10. The molecule has 1 saturated heterocycles. The number of nitrogens with one attached hydrogen (secondary N) is 1. The minimum atomic E-state index is -0.102. The van der Waals surface area contributed by atoms with Crippen molar-refractivity contribution < 1.29 is 4.39 Å². The predicted octanol–water partition coefficient (Wildman–Crippen LogP) is 3.76. The highest BCUT2D eigenvalue weighted by Gasteiger charge is 2.24. The SMILES string of the molecule is CCC[C@@H](c1cccc(Br)c1F)N1CCNCC1.Cl. The molecule has 1 aliphatic heterocycles. The third kappa shape index (κ3) is 4.15. The molecule has 0 amide bonds. The van der Waals surface area contributed by atoms with Gasteiger partial charge in [0.2, 0.25) is 0 Å². The first-order valence-electron chi connectivity index (χ1n) is 6.62. The summed E-state index contributed by atoms with van der Waals surface area (Å²) in [6.45, 7) is 6.14. The van der Waals surface area contributed by atoms with E-state index in [2.05, 4.69) is 33.1 Å². The summed E-state index contributed by atoms with van der Waals surface area (Å²) in [7, 11) is 0. The normalized spacial score (nSPS) is 17.8. The van der Waals surface area contributed by atoms with Crippen molar-refractivity contribution in [1.29, 1.82) is 0 Å². The average molecular weight is 352 g/mol. The number of nitrogens with zero attached hydrogens (tertiary/aromatic N) is 1. The summed E-state index contributed by atoms with van der Waals surface area (Å²) in [6.07, 6.45) is 2.08. The minimum Gasteiger partial charge on any atom is -0.314 e. The van der Waals surface area contributed by atoms with Gasteiger partial charge in [0.1, 0.15) is 5.82 Å². The zero-order valence-corrected chi connectivity index (χ0v) is 13.6. The maximum atomic E-state index is 14.2. The first-order chi connectivity index (χ1) is 8.74. The van der Waals surface area contributed by atoms with E-state index in [1.165, 1.54) is 0 Å². The number of halogens is 3. The Hall–Kier alpha value is -0.160. The van der Waals surface area contributed by atoms with E-state index in [4.69, 9.17) is 0 Å². The van der Waals surface area contributed by atoms with Gasteiger partial charge in [-0.15, -0.1) is 12.4 Å². The molecule has 5 heteroatoms. The van der Waals surface area contributed by atoms with E-state index in [0.717, 1.165) is 44.6 Å². The van der Waals surface area contributed by atoms with E-state index in [9.17, 15) is 4.39 Å². The minimum absolute atomic E-state index is 0. The summed E-state index contributed by atoms with van der Waals surface area (Å²) in [5.41, 5.74) is 0.827. The summed E-state index contributed by atoms with van der Waals surface area (Å²) in [4.78, 5) is 2.39. The van der Waals surface area contributed by atoms with Gasteiger partial charge in [-0.2, -0.15) is 0 Å². The van der Waals surface area contributed by atoms with Crippen molar-refractivity contribution >= 4 is 28.3 Å². The standard InChI is InChI=1S/C14H20BrFN2.ClH/c1-2-4-13(18-9-7-17-8-10-18)11-5-3-6-12(15)14(11)16;/h3,5-6,13,17H,2,4,7-10H2,1H3;1H/t13-;/m0./s1. The monoisotopic (exact) mass is 350 g/mol. The zero-order valence-electron chi connectivity index (χ0n) is 11.2. The van der Waals surface area contributed by atoms with Gasteiger partial charge in [-0.3, -0.25) is 4.90 Å². The number of hydrogen-bond acceptors (Lipinski definition) is 2. The van der Waals surface area contributed by atoms with Crippen molar-refractivity contribution in [2.45, 2.75) is 25.8 Å². The lowest BCUT2D eigenvalue weighted by molar-refractivity contribution is 0.161. The zero-order chi connectivity index (χ0) is 13.0. The van der Waals surface area contributed by atoms with E-state index in [-0.39, 0.29) is 24.3 Å². The molecule has 0 aromatic heterocycles. The summed E-state index contributed by atoms with van der Waals surface area (Å²) in [6, 6.07) is 5.81. The maximum absolute atomic E-state index is 14.2. The first-order valence-corrected chi connectivity index (χ1v) is 7.42. The van der Waals surface area contributed by atoms with Crippen molar-refractivity contribution in [2.24, 2.45) is 0 Å². The number of benzene rings is 1. The average Bonchev–Trinajstić information content (AvgIpc) is 2.41. The molecular formula is C14H21BrClFN2. The molecule has 0 bridgehead atoms. The molecule has 19 heavy (non-hydrogen) atoms. The van der Waals surface area contributed by atoms with Crippen LogP contribution in [0.5, 0.6) is 0 Å². The first kappa shape index (κ1) is 16.9. The van der Waals surface area contributed by atoms with Crippen LogP contribution in [0.3, 0.4) is 0 Å². The topological polar surface area (TPSA) is 15.3 Å². The second-order valence-electron chi connectivity index (χ2n) is 4.73. The Balaban J connectivity index is 0.00000180. The summed E-state index contributed by atoms with van der Waals surface area (Å²) in [5.74, 6) is -0.102. The highest BCUT2D eigenvalue weighted by atomic mass is 79.9. The Kier molecular flexibility index (Phi) is 7.29. The molecule has 0 spiro atoms. The summed E-state index contributed by atoms with van der Waals surface area (Å²) in [5, 5.41) is 3.34. The molecule has 108 valence electrons. The summed E-state index contributed by atoms with van der Waals surface area (Å²) < 4.78 is 14.8. The number of piperazine rings is 1. The molecule has 1 heterocycles. The molecule has 0 radical (unpaired) electrons. The lowest BCUT2D eigenvalue weighted by Gasteiger charge is -2.35. The quantitative estimate of drug-likeness (QED) is 0.888. The maximum Gasteiger partial charge on any atom is 0.142 e. The number of hydrogen-bond donors (Lipinski definition) is 1. The highest BCUT2D eigenvalue weighted by Crippen LogP contribution is 2.31. The van der Waals surface area contributed by atoms with Gasteiger partial charge >= 0.3 is 0 Å². The lowest BCUT2D eigenvalue weighted by atomic mass is 9.99. The number of rotatable bonds is 4. The fraction of sp³-hybridized carbons (Fsp3) is 0.571. The second-order valence-corrected chi connectivity index (χ2v) is 5.59. The van der Waals surface area contributed by atoms with E-state index >= 15 is 0 Å². The van der Waals surface area contributed by atoms with Gasteiger partial charge in [0.15, 0.2) is 0 Å². The third-order valence-electron chi connectivity index (χ3n) is 3.49. The van der Waals surface area contributed by atoms with Gasteiger partial charge in [0, 0.05) is 37.8 Å². The Bertz CT molecular complexity index is 397. The van der Waals surface area contributed by atoms with Gasteiger partial charge in [0.25, 0.3) is 0 Å². The molecule has 0 saturated carbocycles. The molecule has 0 unspecified atom stereocenters. The molecule has 2 rings (SSSR count). The van der Waals surface area contributed by atoms with E-state index in [1.54, 1.807) is 6.07 Å². The van der Waals surface area contributed by atoms with Crippen molar-refractivity contribution in [3.8, 4) is 0 Å². The van der Waals surface area contributed by atoms with Crippen LogP contribution in [-0.2, 0) is 0 Å². The van der Waals surface area contributed by atoms with Gasteiger partial charge in [0.05, 0.1) is 4.47 Å². The summed E-state index contributed by atoms with van der Waals surface area (Å²) >= 11 is 3.28. The van der Waals surface area contributed by atoms with E-state index < -0.39 is 0 Å². The van der Waals surface area contributed by atoms with Crippen LogP contribution in [0.2, 0.25) is 0 Å². The fourth-order valence-corrected chi connectivity index (χ4v) is 2.96. The molecule has 1 aliphatic rings. The van der Waals surface area contributed by atoms with Gasteiger partial charge in [-0.1, -0.05) is 25.5 Å². The molecule has 1 atom stereocenters. The Morgan fingerprint density at radius 2 is 2.05 bits per heavy atom. The van der Waals surface area contributed by atoms with Crippen LogP contribution in [0, 0.1) is 5.82 Å². The molecule has 1 aromatic rings. The van der Waals surface area contributed by atoms with Gasteiger partial charge < -0.3 is 5.32 Å². The smallest absolute Gasteiger partial charge is 0.142 e. The van der Waals surface area contributed by atoms with E-state index in [0.29, 0.717) is 4.47 Å². The largest absolute Gasteiger partial charge is 0.314 e. The van der Waals surface area contributed by atoms with Crippen LogP contribution in [-0.4, -0.2) is 31.1 Å². The van der Waals surface area contributed by atoms with Crippen LogP contribution < -0.4 is 5.32 Å². The molecular weight excluding hydrogens is 331 g/mol. The van der Waals surface area contributed by atoms with Crippen LogP contribution in [0.15, 0.2) is 22.7 Å². The van der Waals surface area contributed by atoms with Crippen molar-refractivity contribution in [1.82, 2.24) is 10.2 Å². The Morgan fingerprint density at radius 3 is 2.68 bits per heavy atom. The van der Waals surface area contributed by atoms with Crippen molar-refractivity contribution in [3.05, 3.63) is 34.1 Å². The second kappa shape index (κ2) is 8.20. The van der Waals surface area contributed by atoms with Crippen LogP contribution in [0.1, 0.15) is 31.4 Å². The molecule has 1 N–H and O–H groups in total.